The topological polar surface area (TPSA) is 52.6 Å². The number of ether oxygens (including phenoxy) is 2. The highest BCUT2D eigenvalue weighted by Gasteiger charge is 2.26. The first-order valence-corrected chi connectivity index (χ1v) is 3.14. The Morgan fingerprint density at radius 3 is 2.64 bits per heavy atom. The Labute approximate surface area is 63.8 Å². The van der Waals surface area contributed by atoms with Crippen molar-refractivity contribution in [3.05, 3.63) is 11.3 Å². The van der Waals surface area contributed by atoms with E-state index in [1.54, 1.807) is 6.92 Å². The number of carbonyl (C=O) groups is 2. The molecule has 0 N–H and O–H groups in total. The molecule has 0 aromatic heterocycles. The Hall–Kier alpha value is -1.32. The van der Waals surface area contributed by atoms with Crippen molar-refractivity contribution in [1.82, 2.24) is 0 Å². The van der Waals surface area contributed by atoms with E-state index in [9.17, 15) is 9.59 Å². The summed E-state index contributed by atoms with van der Waals surface area (Å²) in [6.07, 6.45) is 0.0263. The normalized spacial score (nSPS) is 16.7. The third-order valence-electron chi connectivity index (χ3n) is 1.44. The molecule has 1 heterocycles. The predicted molar refractivity (Wildman–Crippen MR) is 35.4 cm³/mol. The molecular weight excluding hydrogens is 148 g/mol. The van der Waals surface area contributed by atoms with Gasteiger partial charge in [-0.25, -0.2) is 4.79 Å². The number of rotatable bonds is 1. The van der Waals surface area contributed by atoms with E-state index in [1.807, 2.05) is 0 Å². The van der Waals surface area contributed by atoms with Gasteiger partial charge in [-0.1, -0.05) is 0 Å². The lowest BCUT2D eigenvalue weighted by atomic mass is 10.2. The molecule has 60 valence electrons. The van der Waals surface area contributed by atoms with Crippen molar-refractivity contribution in [3.63, 3.8) is 0 Å². The molecule has 0 amide bonds. The third kappa shape index (κ3) is 1.39. The summed E-state index contributed by atoms with van der Waals surface area (Å²) in [7, 11) is 1.27. The van der Waals surface area contributed by atoms with Crippen LogP contribution in [0.1, 0.15) is 13.3 Å². The van der Waals surface area contributed by atoms with E-state index in [4.69, 9.17) is 0 Å². The number of allylic oxidation sites excluding steroid dienone is 1. The largest absolute Gasteiger partial charge is 0.466 e. The van der Waals surface area contributed by atoms with E-state index in [0.29, 0.717) is 11.3 Å². The zero-order valence-corrected chi connectivity index (χ0v) is 6.34. The molecule has 4 heteroatoms. The Morgan fingerprint density at radius 1 is 1.64 bits per heavy atom. The Morgan fingerprint density at radius 2 is 2.27 bits per heavy atom. The average Bonchev–Trinajstić information content (AvgIpc) is 2.28. The smallest absolute Gasteiger partial charge is 0.337 e. The van der Waals surface area contributed by atoms with Crippen LogP contribution in [0.2, 0.25) is 0 Å². The van der Waals surface area contributed by atoms with Gasteiger partial charge in [-0.3, -0.25) is 4.79 Å². The summed E-state index contributed by atoms with van der Waals surface area (Å²) in [5, 5.41) is 0. The molecular formula is C7H8O4. The van der Waals surface area contributed by atoms with Crippen molar-refractivity contribution in [2.24, 2.45) is 0 Å². The van der Waals surface area contributed by atoms with Gasteiger partial charge in [0.25, 0.3) is 0 Å². The molecule has 0 fully saturated rings. The van der Waals surface area contributed by atoms with Gasteiger partial charge < -0.3 is 9.47 Å². The second-order valence-corrected chi connectivity index (χ2v) is 2.18. The summed E-state index contributed by atoms with van der Waals surface area (Å²) < 4.78 is 9.06. The minimum Gasteiger partial charge on any atom is -0.466 e. The first-order chi connectivity index (χ1) is 5.15. The summed E-state index contributed by atoms with van der Waals surface area (Å²) in [5.41, 5.74) is 0.317. The highest BCUT2D eigenvalue weighted by Crippen LogP contribution is 2.20. The van der Waals surface area contributed by atoms with Crippen LogP contribution in [0.25, 0.3) is 0 Å². The van der Waals surface area contributed by atoms with Crippen molar-refractivity contribution < 1.29 is 19.1 Å². The summed E-state index contributed by atoms with van der Waals surface area (Å²) >= 11 is 0. The number of methoxy groups -OCH3 is 1. The molecule has 4 nitrogen and oxygen atoms in total. The zero-order chi connectivity index (χ0) is 8.43. The van der Waals surface area contributed by atoms with E-state index < -0.39 is 11.9 Å². The van der Waals surface area contributed by atoms with Crippen LogP contribution in [-0.4, -0.2) is 19.0 Å². The monoisotopic (exact) mass is 156 g/mol. The molecule has 0 saturated carbocycles. The molecule has 1 rings (SSSR count). The first kappa shape index (κ1) is 7.78. The predicted octanol–water partition coefficient (Wildman–Crippen LogP) is 0.380. The quantitative estimate of drug-likeness (QED) is 0.515. The molecule has 0 bridgehead atoms. The number of hydrogen-bond donors (Lipinski definition) is 0. The summed E-state index contributed by atoms with van der Waals surface area (Å²) in [6, 6.07) is 0. The van der Waals surface area contributed by atoms with E-state index in [0.717, 1.165) is 0 Å². The maximum absolute atomic E-state index is 10.9. The lowest BCUT2D eigenvalue weighted by molar-refractivity contribution is -0.138. The van der Waals surface area contributed by atoms with Crippen LogP contribution in [0.3, 0.4) is 0 Å². The van der Waals surface area contributed by atoms with Crippen molar-refractivity contribution in [2.75, 3.05) is 7.11 Å². The summed E-state index contributed by atoms with van der Waals surface area (Å²) in [6.45, 7) is 1.57. The fourth-order valence-corrected chi connectivity index (χ4v) is 0.876. The van der Waals surface area contributed by atoms with Crippen LogP contribution < -0.4 is 0 Å². The van der Waals surface area contributed by atoms with Gasteiger partial charge in [-0.2, -0.15) is 0 Å². The van der Waals surface area contributed by atoms with Crippen LogP contribution in [0, 0.1) is 0 Å². The minimum atomic E-state index is -0.492. The highest BCUT2D eigenvalue weighted by molar-refractivity contribution is 5.97. The van der Waals surface area contributed by atoms with Gasteiger partial charge in [-0.05, 0) is 6.92 Å². The molecule has 0 radical (unpaired) electrons. The molecule has 0 aromatic carbocycles. The molecule has 11 heavy (non-hydrogen) atoms. The maximum Gasteiger partial charge on any atom is 0.337 e. The summed E-state index contributed by atoms with van der Waals surface area (Å²) in [4.78, 5) is 21.5. The van der Waals surface area contributed by atoms with Gasteiger partial charge >= 0.3 is 11.9 Å². The van der Waals surface area contributed by atoms with Crippen molar-refractivity contribution in [2.45, 2.75) is 13.3 Å². The van der Waals surface area contributed by atoms with E-state index >= 15 is 0 Å². The average molecular weight is 156 g/mol. The van der Waals surface area contributed by atoms with Gasteiger partial charge in [-0.15, -0.1) is 0 Å². The van der Waals surface area contributed by atoms with E-state index in [-0.39, 0.29) is 6.42 Å². The van der Waals surface area contributed by atoms with Gasteiger partial charge in [0.1, 0.15) is 5.76 Å². The van der Waals surface area contributed by atoms with Crippen molar-refractivity contribution >= 4 is 11.9 Å². The molecule has 0 atom stereocenters. The van der Waals surface area contributed by atoms with Crippen LogP contribution in [0.4, 0.5) is 0 Å². The molecule has 0 aromatic rings. The SMILES string of the molecule is COC(=O)C1=C(C)OC(=O)C1. The third-order valence-corrected chi connectivity index (χ3v) is 1.44. The van der Waals surface area contributed by atoms with E-state index in [2.05, 4.69) is 9.47 Å². The number of carbonyl (C=O) groups excluding carboxylic acids is 2. The molecule has 1 aliphatic heterocycles. The number of esters is 2. The Kier molecular flexibility index (Phi) is 1.94. The minimum absolute atomic E-state index is 0.0263. The molecule has 0 aliphatic carbocycles. The molecule has 1 aliphatic rings. The number of cyclic esters (lactones) is 1. The lowest BCUT2D eigenvalue weighted by Gasteiger charge is -1.96. The standard InChI is InChI=1S/C7H8O4/c1-4-5(7(9)10-2)3-6(8)11-4/h3H2,1-2H3. The Bertz CT molecular complexity index is 239. The van der Waals surface area contributed by atoms with Crippen LogP contribution in [0.5, 0.6) is 0 Å². The first-order valence-electron chi connectivity index (χ1n) is 3.14. The second-order valence-electron chi connectivity index (χ2n) is 2.18. The fourth-order valence-electron chi connectivity index (χ4n) is 0.876. The Balaban J connectivity index is 2.79. The highest BCUT2D eigenvalue weighted by atomic mass is 16.6. The van der Waals surface area contributed by atoms with Gasteiger partial charge in [0.05, 0.1) is 19.1 Å². The second kappa shape index (κ2) is 2.74. The van der Waals surface area contributed by atoms with Gasteiger partial charge in [0.2, 0.25) is 0 Å². The van der Waals surface area contributed by atoms with Crippen LogP contribution >= 0.6 is 0 Å². The van der Waals surface area contributed by atoms with Crippen LogP contribution in [-0.2, 0) is 19.1 Å². The lowest BCUT2D eigenvalue weighted by Crippen LogP contribution is -2.04. The molecule has 0 spiro atoms. The van der Waals surface area contributed by atoms with Crippen LogP contribution in [0.15, 0.2) is 11.3 Å². The number of hydrogen-bond acceptors (Lipinski definition) is 4. The zero-order valence-electron chi connectivity index (χ0n) is 6.34. The van der Waals surface area contributed by atoms with Crippen molar-refractivity contribution in [1.29, 1.82) is 0 Å². The maximum atomic E-state index is 10.9. The van der Waals surface area contributed by atoms with Crippen molar-refractivity contribution in [3.8, 4) is 0 Å². The van der Waals surface area contributed by atoms with Gasteiger partial charge in [0.15, 0.2) is 0 Å². The van der Waals surface area contributed by atoms with E-state index in [1.165, 1.54) is 7.11 Å². The molecule has 0 unspecified atom stereocenters. The molecule has 0 saturated heterocycles. The summed E-state index contributed by atoms with van der Waals surface area (Å²) in [5.74, 6) is -0.543. The van der Waals surface area contributed by atoms with Gasteiger partial charge in [0, 0.05) is 0 Å². The fraction of sp³-hybridized carbons (Fsp3) is 0.429.